The summed E-state index contributed by atoms with van der Waals surface area (Å²) < 4.78 is 10.8. The Hall–Kier alpha value is -4.11. The zero-order valence-electron chi connectivity index (χ0n) is 15.6. The van der Waals surface area contributed by atoms with Gasteiger partial charge in [-0.25, -0.2) is 9.59 Å². The highest BCUT2D eigenvalue weighted by Gasteiger charge is 2.36. The second-order valence-electron chi connectivity index (χ2n) is 6.49. The van der Waals surface area contributed by atoms with Crippen molar-refractivity contribution >= 4 is 41.5 Å². The number of furan rings is 2. The third-order valence-corrected chi connectivity index (χ3v) is 4.80. The molecular weight excluding hydrogens is 428 g/mol. The second kappa shape index (κ2) is 7.96. The van der Waals surface area contributed by atoms with Crippen molar-refractivity contribution in [1.29, 1.82) is 0 Å². The molecule has 1 aliphatic heterocycles. The minimum atomic E-state index is -1.13. The number of imide groups is 2. The number of nitrogens with zero attached hydrogens (tertiary/aromatic N) is 1. The second-order valence-corrected chi connectivity index (χ2v) is 6.90. The number of carboxylic acid groups (broad SMARTS) is 1. The monoisotopic (exact) mass is 440 g/mol. The predicted octanol–water partition coefficient (Wildman–Crippen LogP) is 3.55. The van der Waals surface area contributed by atoms with E-state index in [1.807, 2.05) is 0 Å². The predicted molar refractivity (Wildman–Crippen MR) is 107 cm³/mol. The maximum Gasteiger partial charge on any atom is 0.335 e. The van der Waals surface area contributed by atoms with E-state index in [4.69, 9.17) is 25.5 Å². The first-order valence-corrected chi connectivity index (χ1v) is 9.25. The van der Waals surface area contributed by atoms with Crippen molar-refractivity contribution in [2.24, 2.45) is 0 Å². The van der Waals surface area contributed by atoms with Crippen LogP contribution < -0.4 is 5.32 Å². The van der Waals surface area contributed by atoms with Gasteiger partial charge in [-0.3, -0.25) is 19.8 Å². The van der Waals surface area contributed by atoms with Crippen LogP contribution in [0.5, 0.6) is 0 Å². The number of aromatic carboxylic acids is 1. The molecule has 0 aliphatic carbocycles. The molecule has 0 bridgehead atoms. The number of hydrogen-bond acceptors (Lipinski definition) is 6. The highest BCUT2D eigenvalue weighted by Crippen LogP contribution is 2.31. The van der Waals surface area contributed by atoms with Gasteiger partial charge in [0.1, 0.15) is 22.9 Å². The number of nitrogens with one attached hydrogen (secondary N) is 1. The molecule has 1 aromatic carbocycles. The Morgan fingerprint density at radius 2 is 1.97 bits per heavy atom. The van der Waals surface area contributed by atoms with Crippen molar-refractivity contribution in [3.05, 3.63) is 76.4 Å². The Morgan fingerprint density at radius 1 is 1.16 bits per heavy atom. The quantitative estimate of drug-likeness (QED) is 0.458. The summed E-state index contributed by atoms with van der Waals surface area (Å²) in [6, 6.07) is 9.49. The number of carbonyl (C=O) groups excluding carboxylic acids is 3. The average Bonchev–Trinajstić information content (AvgIpc) is 3.40. The van der Waals surface area contributed by atoms with Crippen molar-refractivity contribution in [2.45, 2.75) is 6.54 Å². The van der Waals surface area contributed by atoms with Crippen LogP contribution in [-0.4, -0.2) is 33.8 Å². The van der Waals surface area contributed by atoms with Gasteiger partial charge in [0.05, 0.1) is 23.4 Å². The Labute approximate surface area is 179 Å². The number of halogens is 1. The number of carbonyl (C=O) groups is 4. The van der Waals surface area contributed by atoms with E-state index in [0.29, 0.717) is 11.3 Å². The lowest BCUT2D eigenvalue weighted by atomic mass is 10.1. The number of hydrogen-bond donors (Lipinski definition) is 2. The summed E-state index contributed by atoms with van der Waals surface area (Å²) >= 11 is 6.15. The van der Waals surface area contributed by atoms with Crippen molar-refractivity contribution < 1.29 is 33.1 Å². The first-order valence-electron chi connectivity index (χ1n) is 8.88. The smallest absolute Gasteiger partial charge is 0.335 e. The summed E-state index contributed by atoms with van der Waals surface area (Å²) in [7, 11) is 0. The summed E-state index contributed by atoms with van der Waals surface area (Å²) in [4.78, 5) is 49.1. The van der Waals surface area contributed by atoms with Gasteiger partial charge in [0, 0.05) is 5.56 Å². The molecule has 9 nitrogen and oxygen atoms in total. The molecule has 4 amide bonds. The SMILES string of the molecule is O=C1NC(=O)N(Cc2ccco2)C(=O)/C1=C/c1ccc(-c2cc(C(=O)O)ccc2Cl)o1. The van der Waals surface area contributed by atoms with Gasteiger partial charge in [-0.05, 0) is 48.5 Å². The third-order valence-electron chi connectivity index (χ3n) is 4.47. The minimum Gasteiger partial charge on any atom is -0.478 e. The fourth-order valence-electron chi connectivity index (χ4n) is 2.96. The molecule has 0 unspecified atom stereocenters. The molecule has 156 valence electrons. The fraction of sp³-hybridized carbons (Fsp3) is 0.0476. The summed E-state index contributed by atoms with van der Waals surface area (Å²) in [5.41, 5.74) is 0.0438. The van der Waals surface area contributed by atoms with Crippen LogP contribution >= 0.6 is 11.6 Å². The summed E-state index contributed by atoms with van der Waals surface area (Å²) in [5, 5.41) is 11.5. The summed E-state index contributed by atoms with van der Waals surface area (Å²) in [6.45, 7) is -0.150. The molecule has 10 heteroatoms. The lowest BCUT2D eigenvalue weighted by Gasteiger charge is -2.25. The molecule has 0 radical (unpaired) electrons. The van der Waals surface area contributed by atoms with Crippen LogP contribution in [0.25, 0.3) is 17.4 Å². The van der Waals surface area contributed by atoms with Gasteiger partial charge in [0.25, 0.3) is 11.8 Å². The van der Waals surface area contributed by atoms with E-state index in [1.165, 1.54) is 42.7 Å². The standard InChI is InChI=1S/C21H13ClN2O7/c22-16-5-3-11(20(27)28)8-14(16)17-6-4-12(31-17)9-15-18(25)23-21(29)24(19(15)26)10-13-2-1-7-30-13/h1-9H,10H2,(H,27,28)(H,23,25,29)/b15-9+. The van der Waals surface area contributed by atoms with E-state index in [-0.39, 0.29) is 34.2 Å². The first kappa shape index (κ1) is 20.2. The molecule has 3 aromatic rings. The molecular formula is C21H13ClN2O7. The number of barbiturate groups is 1. The molecule has 1 aliphatic rings. The summed E-state index contributed by atoms with van der Waals surface area (Å²) in [5.74, 6) is -2.06. The van der Waals surface area contributed by atoms with Gasteiger partial charge in [-0.2, -0.15) is 0 Å². The van der Waals surface area contributed by atoms with Gasteiger partial charge in [0.15, 0.2) is 0 Å². The molecule has 3 heterocycles. The number of urea groups is 1. The normalized spacial score (nSPS) is 15.5. The van der Waals surface area contributed by atoms with Gasteiger partial charge < -0.3 is 13.9 Å². The molecule has 4 rings (SSSR count). The average molecular weight is 441 g/mol. The number of carboxylic acids is 1. The van der Waals surface area contributed by atoms with E-state index in [2.05, 4.69) is 5.32 Å². The van der Waals surface area contributed by atoms with Crippen LogP contribution in [0.4, 0.5) is 4.79 Å². The molecule has 2 aromatic heterocycles. The zero-order chi connectivity index (χ0) is 22.1. The van der Waals surface area contributed by atoms with Gasteiger partial charge in [0.2, 0.25) is 0 Å². The maximum atomic E-state index is 12.7. The van der Waals surface area contributed by atoms with Crippen LogP contribution in [0, 0.1) is 0 Å². The molecule has 31 heavy (non-hydrogen) atoms. The van der Waals surface area contributed by atoms with Crippen LogP contribution in [0.2, 0.25) is 5.02 Å². The van der Waals surface area contributed by atoms with E-state index >= 15 is 0 Å². The Bertz CT molecular complexity index is 1240. The van der Waals surface area contributed by atoms with Crippen molar-refractivity contribution in [3.8, 4) is 11.3 Å². The fourth-order valence-corrected chi connectivity index (χ4v) is 3.17. The van der Waals surface area contributed by atoms with E-state index in [0.717, 1.165) is 4.90 Å². The Balaban J connectivity index is 1.64. The van der Waals surface area contributed by atoms with E-state index < -0.39 is 23.8 Å². The van der Waals surface area contributed by atoms with Crippen LogP contribution in [0.1, 0.15) is 21.9 Å². The highest BCUT2D eigenvalue weighted by atomic mass is 35.5. The van der Waals surface area contributed by atoms with Crippen LogP contribution in [0.15, 0.2) is 63.1 Å². The number of rotatable bonds is 5. The number of benzene rings is 1. The Morgan fingerprint density at radius 3 is 2.68 bits per heavy atom. The lowest BCUT2D eigenvalue weighted by Crippen LogP contribution is -2.53. The topological polar surface area (TPSA) is 130 Å². The highest BCUT2D eigenvalue weighted by molar-refractivity contribution is 6.33. The van der Waals surface area contributed by atoms with Crippen molar-refractivity contribution in [1.82, 2.24) is 10.2 Å². The van der Waals surface area contributed by atoms with E-state index in [1.54, 1.807) is 12.1 Å². The van der Waals surface area contributed by atoms with E-state index in [9.17, 15) is 19.2 Å². The molecule has 0 spiro atoms. The van der Waals surface area contributed by atoms with Gasteiger partial charge in [-0.1, -0.05) is 11.6 Å². The number of amides is 4. The molecule has 1 saturated heterocycles. The minimum absolute atomic E-state index is 0.0182. The largest absolute Gasteiger partial charge is 0.478 e. The van der Waals surface area contributed by atoms with Crippen LogP contribution in [0.3, 0.4) is 0 Å². The summed E-state index contributed by atoms with van der Waals surface area (Å²) in [6.07, 6.45) is 2.59. The first-order chi connectivity index (χ1) is 14.8. The molecule has 2 N–H and O–H groups in total. The third kappa shape index (κ3) is 3.99. The van der Waals surface area contributed by atoms with Crippen LogP contribution in [-0.2, 0) is 16.1 Å². The lowest BCUT2D eigenvalue weighted by molar-refractivity contribution is -0.130. The van der Waals surface area contributed by atoms with Crippen molar-refractivity contribution in [3.63, 3.8) is 0 Å². The Kier molecular flexibility index (Phi) is 5.18. The zero-order valence-corrected chi connectivity index (χ0v) is 16.4. The van der Waals surface area contributed by atoms with Gasteiger partial charge >= 0.3 is 12.0 Å². The maximum absolute atomic E-state index is 12.7. The molecule has 1 fully saturated rings. The molecule has 0 saturated carbocycles. The van der Waals surface area contributed by atoms with Gasteiger partial charge in [-0.15, -0.1) is 0 Å². The molecule has 0 atom stereocenters. The van der Waals surface area contributed by atoms with Crippen molar-refractivity contribution in [2.75, 3.05) is 0 Å².